The van der Waals surface area contributed by atoms with Crippen LogP contribution in [0, 0.1) is 0 Å². The minimum atomic E-state index is -3.92. The number of hydrogen-bond donors (Lipinski definition) is 1. The zero-order valence-corrected chi connectivity index (χ0v) is 15.4. The van der Waals surface area contributed by atoms with Crippen molar-refractivity contribution in [2.45, 2.75) is 18.2 Å². The molecule has 2 aromatic rings. The molecule has 0 amide bonds. The second-order valence-electron chi connectivity index (χ2n) is 5.13. The van der Waals surface area contributed by atoms with Crippen molar-refractivity contribution in [2.75, 3.05) is 18.4 Å². The van der Waals surface area contributed by atoms with Crippen molar-refractivity contribution < 1.29 is 18.3 Å². The lowest BCUT2D eigenvalue weighted by atomic mass is 10.2. The second-order valence-corrected chi connectivity index (χ2v) is 7.22. The van der Waals surface area contributed by atoms with Crippen molar-refractivity contribution in [3.8, 4) is 5.75 Å². The number of rotatable bonds is 7. The molecule has 0 saturated heterocycles. The Kier molecular flexibility index (Phi) is 6.27. The molecule has 0 aromatic heterocycles. The van der Waals surface area contributed by atoms with Gasteiger partial charge in [0, 0.05) is 12.1 Å². The van der Waals surface area contributed by atoms with Gasteiger partial charge in [-0.25, -0.2) is 8.42 Å². The molecule has 0 fully saturated rings. The predicted molar refractivity (Wildman–Crippen MR) is 96.9 cm³/mol. The van der Waals surface area contributed by atoms with Gasteiger partial charge in [-0.1, -0.05) is 36.7 Å². The Morgan fingerprint density at radius 1 is 1.28 bits per heavy atom. The van der Waals surface area contributed by atoms with Crippen molar-refractivity contribution >= 4 is 33.2 Å². The molecule has 0 unspecified atom stereocenters. The first-order chi connectivity index (χ1) is 11.9. The average Bonchev–Trinajstić information content (AvgIpc) is 2.59. The maximum absolute atomic E-state index is 12.6. The van der Waals surface area contributed by atoms with Crippen LogP contribution in [0.15, 0.2) is 52.4 Å². The van der Waals surface area contributed by atoms with Gasteiger partial charge in [0.2, 0.25) is 0 Å². The van der Waals surface area contributed by atoms with E-state index in [0.717, 1.165) is 6.42 Å². The number of hydrogen-bond acceptors (Lipinski definition) is 5. The van der Waals surface area contributed by atoms with Gasteiger partial charge in [-0.15, -0.1) is 0 Å². The third kappa shape index (κ3) is 4.64. The van der Waals surface area contributed by atoms with Crippen LogP contribution in [-0.2, 0) is 10.0 Å². The maximum atomic E-state index is 12.6. The van der Waals surface area contributed by atoms with Crippen LogP contribution in [0.5, 0.6) is 5.75 Å². The molecule has 134 valence electrons. The summed E-state index contributed by atoms with van der Waals surface area (Å²) in [4.78, 5) is 3.87. The minimum absolute atomic E-state index is 0.0361. The molecule has 0 radical (unpaired) electrons. The first-order valence-electron chi connectivity index (χ1n) is 7.56. The Bertz CT molecular complexity index is 882. The summed E-state index contributed by atoms with van der Waals surface area (Å²) < 4.78 is 32.6. The van der Waals surface area contributed by atoms with E-state index in [1.54, 1.807) is 12.1 Å². The molecule has 0 aliphatic heterocycles. The number of anilines is 1. The number of ether oxygens (including phenoxy) is 1. The van der Waals surface area contributed by atoms with Crippen molar-refractivity contribution in [3.05, 3.63) is 53.1 Å². The topological polar surface area (TPSA) is 90.8 Å². The van der Waals surface area contributed by atoms with Crippen molar-refractivity contribution in [3.63, 3.8) is 0 Å². The fraction of sp³-hybridized carbons (Fsp3) is 0.235. The van der Waals surface area contributed by atoms with Crippen LogP contribution >= 0.6 is 11.6 Å². The van der Waals surface area contributed by atoms with Gasteiger partial charge in [0.05, 0.1) is 22.7 Å². The van der Waals surface area contributed by atoms with Gasteiger partial charge < -0.3 is 14.8 Å². The van der Waals surface area contributed by atoms with Crippen LogP contribution in [-0.4, -0.2) is 28.0 Å². The Balaban J connectivity index is 2.37. The predicted octanol–water partition coefficient (Wildman–Crippen LogP) is 2.67. The third-order valence-electron chi connectivity index (χ3n) is 3.31. The lowest BCUT2D eigenvalue weighted by Crippen LogP contribution is -2.23. The smallest absolute Gasteiger partial charge is 0.261 e. The lowest BCUT2D eigenvalue weighted by molar-refractivity contribution is -0.213. The zero-order chi connectivity index (χ0) is 18.4. The van der Waals surface area contributed by atoms with E-state index in [1.807, 2.05) is 6.92 Å². The number of aliphatic imine (C=N–C) groups is 1. The molecule has 0 aliphatic rings. The van der Waals surface area contributed by atoms with Crippen LogP contribution in [0.1, 0.15) is 18.9 Å². The molecule has 8 heteroatoms. The summed E-state index contributed by atoms with van der Waals surface area (Å²) in [7, 11) is -2.48. The molecule has 2 aromatic carbocycles. The Hall–Kier alpha value is -2.25. The highest BCUT2D eigenvalue weighted by molar-refractivity contribution is 7.92. The molecular weight excluding hydrogens is 364 g/mol. The van der Waals surface area contributed by atoms with E-state index in [2.05, 4.69) is 9.71 Å². The zero-order valence-electron chi connectivity index (χ0n) is 13.8. The Morgan fingerprint density at radius 2 is 2.00 bits per heavy atom. The number of nitrogens with one attached hydrogen (secondary N) is 1. The minimum Gasteiger partial charge on any atom is -0.858 e. The van der Waals surface area contributed by atoms with E-state index in [1.165, 1.54) is 37.4 Å². The molecule has 0 aliphatic carbocycles. The van der Waals surface area contributed by atoms with E-state index >= 15 is 0 Å². The van der Waals surface area contributed by atoms with E-state index < -0.39 is 15.9 Å². The summed E-state index contributed by atoms with van der Waals surface area (Å²) in [6.07, 6.45) is 0.726. The Labute approximate surface area is 152 Å². The van der Waals surface area contributed by atoms with Gasteiger partial charge in [0.25, 0.3) is 10.0 Å². The summed E-state index contributed by atoms with van der Waals surface area (Å²) in [5.41, 5.74) is 0.360. The monoisotopic (exact) mass is 381 g/mol. The summed E-state index contributed by atoms with van der Waals surface area (Å²) >= 11 is 5.99. The van der Waals surface area contributed by atoms with E-state index in [-0.39, 0.29) is 21.2 Å². The highest BCUT2D eigenvalue weighted by atomic mass is 35.5. The average molecular weight is 382 g/mol. The molecule has 0 atom stereocenters. The number of benzene rings is 2. The van der Waals surface area contributed by atoms with Gasteiger partial charge in [0.15, 0.2) is 0 Å². The van der Waals surface area contributed by atoms with Gasteiger partial charge in [-0.2, -0.15) is 0 Å². The van der Waals surface area contributed by atoms with E-state index in [0.29, 0.717) is 12.3 Å². The SMILES string of the molecule is CCCN=C([O-])c1ccccc1NS(=O)(=O)c1ccc(OC)c(Cl)c1. The van der Waals surface area contributed by atoms with Crippen molar-refractivity contribution in [2.24, 2.45) is 4.99 Å². The lowest BCUT2D eigenvalue weighted by Gasteiger charge is -2.17. The van der Waals surface area contributed by atoms with Crippen molar-refractivity contribution in [1.29, 1.82) is 0 Å². The fourth-order valence-electron chi connectivity index (χ4n) is 2.08. The summed E-state index contributed by atoms with van der Waals surface area (Å²) in [5.74, 6) is -0.0949. The molecule has 0 heterocycles. The second kappa shape index (κ2) is 8.22. The highest BCUT2D eigenvalue weighted by Gasteiger charge is 2.17. The molecule has 6 nitrogen and oxygen atoms in total. The molecule has 0 spiro atoms. The highest BCUT2D eigenvalue weighted by Crippen LogP contribution is 2.28. The summed E-state index contributed by atoms with van der Waals surface area (Å²) in [6.45, 7) is 2.28. The Morgan fingerprint density at radius 3 is 2.64 bits per heavy atom. The normalized spacial score (nSPS) is 12.0. The molecule has 25 heavy (non-hydrogen) atoms. The quantitative estimate of drug-likeness (QED) is 0.589. The van der Waals surface area contributed by atoms with E-state index in [4.69, 9.17) is 16.3 Å². The standard InChI is InChI=1S/C17H19ClN2O4S/c1-3-10-19-17(21)13-6-4-5-7-15(13)20-25(22,23)12-8-9-16(24-2)14(18)11-12/h4-9,11,20H,3,10H2,1-2H3,(H,19,21)/p-1. The van der Waals surface area contributed by atoms with Crippen LogP contribution < -0.4 is 14.6 Å². The number of para-hydroxylation sites is 1. The third-order valence-corrected chi connectivity index (χ3v) is 4.97. The molecular formula is C17H18ClN2O4S-. The largest absolute Gasteiger partial charge is 0.858 e. The van der Waals surface area contributed by atoms with Crippen LogP contribution in [0.25, 0.3) is 0 Å². The van der Waals surface area contributed by atoms with Crippen LogP contribution in [0.4, 0.5) is 5.69 Å². The van der Waals surface area contributed by atoms with Crippen LogP contribution in [0.2, 0.25) is 5.02 Å². The fourth-order valence-corrected chi connectivity index (χ4v) is 3.50. The first kappa shape index (κ1) is 19.1. The maximum Gasteiger partial charge on any atom is 0.261 e. The summed E-state index contributed by atoms with van der Waals surface area (Å²) in [5, 5.41) is 12.3. The van der Waals surface area contributed by atoms with Gasteiger partial charge in [-0.05, 0) is 36.6 Å². The molecule has 0 bridgehead atoms. The van der Waals surface area contributed by atoms with Gasteiger partial charge >= 0.3 is 0 Å². The van der Waals surface area contributed by atoms with Crippen molar-refractivity contribution in [1.82, 2.24) is 0 Å². The number of methoxy groups -OCH3 is 1. The summed E-state index contributed by atoms with van der Waals surface area (Å²) in [6, 6.07) is 10.4. The molecule has 1 N–H and O–H groups in total. The number of sulfonamides is 1. The number of halogens is 1. The van der Waals surface area contributed by atoms with Gasteiger partial charge in [-0.3, -0.25) is 4.72 Å². The van der Waals surface area contributed by atoms with Crippen LogP contribution in [0.3, 0.4) is 0 Å². The molecule has 0 saturated carbocycles. The van der Waals surface area contributed by atoms with E-state index in [9.17, 15) is 13.5 Å². The van der Waals surface area contributed by atoms with Gasteiger partial charge in [0.1, 0.15) is 5.75 Å². The molecule has 2 rings (SSSR count). The first-order valence-corrected chi connectivity index (χ1v) is 9.42. The number of nitrogens with zero attached hydrogens (tertiary/aromatic N) is 1.